The van der Waals surface area contributed by atoms with E-state index in [0.29, 0.717) is 5.69 Å². The molecule has 2 rings (SSSR count). The molecule has 8 heteroatoms. The highest BCUT2D eigenvalue weighted by molar-refractivity contribution is 5.90. The highest BCUT2D eigenvalue weighted by atomic mass is 16.4. The number of amides is 1. The van der Waals surface area contributed by atoms with Gasteiger partial charge in [0.25, 0.3) is 5.91 Å². The van der Waals surface area contributed by atoms with Gasteiger partial charge in [-0.3, -0.25) is 14.9 Å². The summed E-state index contributed by atoms with van der Waals surface area (Å²) >= 11 is 0. The topological polar surface area (TPSA) is 121 Å². The Morgan fingerprint density at radius 3 is 2.89 bits per heavy atom. The Hall–Kier alpha value is -2.77. The normalized spacial score (nSPS) is 10.0. The van der Waals surface area contributed by atoms with Crippen LogP contribution < -0.4 is 5.32 Å². The van der Waals surface area contributed by atoms with E-state index < -0.39 is 11.9 Å². The fourth-order valence-electron chi connectivity index (χ4n) is 1.28. The van der Waals surface area contributed by atoms with Gasteiger partial charge >= 0.3 is 5.97 Å². The average molecular weight is 247 g/mol. The van der Waals surface area contributed by atoms with Crippen LogP contribution in [0.1, 0.15) is 26.7 Å². The number of aromatic carboxylic acids is 1. The van der Waals surface area contributed by atoms with Crippen LogP contribution in [0.3, 0.4) is 0 Å². The molecule has 0 bridgehead atoms. The van der Waals surface area contributed by atoms with E-state index in [0.717, 1.165) is 0 Å². The number of rotatable bonds is 4. The first-order valence-corrected chi connectivity index (χ1v) is 4.98. The van der Waals surface area contributed by atoms with Gasteiger partial charge in [-0.1, -0.05) is 0 Å². The number of carboxylic acid groups (broad SMARTS) is 1. The third kappa shape index (κ3) is 2.67. The van der Waals surface area contributed by atoms with Crippen molar-refractivity contribution in [3.8, 4) is 0 Å². The molecule has 0 aromatic carbocycles. The summed E-state index contributed by atoms with van der Waals surface area (Å²) in [4.78, 5) is 29.9. The van der Waals surface area contributed by atoms with E-state index in [1.54, 1.807) is 0 Å². The third-order valence-electron chi connectivity index (χ3n) is 2.12. The summed E-state index contributed by atoms with van der Waals surface area (Å²) in [5, 5.41) is 17.3. The molecule has 0 aliphatic heterocycles. The second kappa shape index (κ2) is 5.04. The molecule has 0 fully saturated rings. The van der Waals surface area contributed by atoms with Crippen molar-refractivity contribution in [2.45, 2.75) is 6.54 Å². The van der Waals surface area contributed by atoms with Crippen molar-refractivity contribution in [3.05, 3.63) is 41.7 Å². The van der Waals surface area contributed by atoms with Crippen molar-refractivity contribution in [1.82, 2.24) is 25.5 Å². The molecule has 0 saturated carbocycles. The number of aromatic nitrogens is 4. The zero-order valence-electron chi connectivity index (χ0n) is 9.12. The number of carbonyl (C=O) groups is 2. The van der Waals surface area contributed by atoms with Crippen LogP contribution in [0.4, 0.5) is 0 Å². The van der Waals surface area contributed by atoms with E-state index in [-0.39, 0.29) is 17.9 Å². The summed E-state index contributed by atoms with van der Waals surface area (Å²) in [6, 6.07) is 2.77. The summed E-state index contributed by atoms with van der Waals surface area (Å²) in [5.74, 6) is -1.39. The van der Waals surface area contributed by atoms with E-state index in [9.17, 15) is 9.59 Å². The van der Waals surface area contributed by atoms with Crippen molar-refractivity contribution in [1.29, 1.82) is 0 Å². The number of H-pyrrole nitrogens is 1. The van der Waals surface area contributed by atoms with Gasteiger partial charge in [0, 0.05) is 6.20 Å². The molecular weight excluding hydrogens is 238 g/mol. The molecule has 3 N–H and O–H groups in total. The maximum absolute atomic E-state index is 11.5. The van der Waals surface area contributed by atoms with Crippen LogP contribution >= 0.6 is 0 Å². The minimum Gasteiger partial charge on any atom is -0.478 e. The number of hydrogen-bond acceptors (Lipinski definition) is 5. The highest BCUT2D eigenvalue weighted by Gasteiger charge is 2.09. The maximum Gasteiger partial charge on any atom is 0.335 e. The summed E-state index contributed by atoms with van der Waals surface area (Å²) in [5.41, 5.74) is 0.566. The van der Waals surface area contributed by atoms with E-state index in [4.69, 9.17) is 5.11 Å². The fourth-order valence-corrected chi connectivity index (χ4v) is 1.28. The number of carboxylic acids is 1. The minimum atomic E-state index is -1.04. The van der Waals surface area contributed by atoms with E-state index in [1.807, 2.05) is 0 Å². The van der Waals surface area contributed by atoms with Gasteiger partial charge in [-0.25, -0.2) is 9.78 Å². The molecule has 8 nitrogen and oxygen atoms in total. The standard InChI is InChI=1S/C10H9N5O3/c16-9(8-13-5-14-15-8)12-4-7-3-6(10(17)18)1-2-11-7/h1-3,5H,4H2,(H,12,16)(H,17,18)(H,13,14,15). The lowest BCUT2D eigenvalue weighted by molar-refractivity contribution is 0.0696. The van der Waals surface area contributed by atoms with Crippen LogP contribution in [-0.2, 0) is 6.54 Å². The lowest BCUT2D eigenvalue weighted by atomic mass is 10.2. The van der Waals surface area contributed by atoms with Crippen LogP contribution in [0.15, 0.2) is 24.7 Å². The largest absolute Gasteiger partial charge is 0.478 e. The molecule has 2 heterocycles. The maximum atomic E-state index is 11.5. The summed E-state index contributed by atoms with van der Waals surface area (Å²) in [6.07, 6.45) is 2.59. The molecule has 0 aliphatic rings. The molecular formula is C10H9N5O3. The number of aromatic amines is 1. The third-order valence-corrected chi connectivity index (χ3v) is 2.12. The zero-order chi connectivity index (χ0) is 13.0. The van der Waals surface area contributed by atoms with Crippen LogP contribution in [0.2, 0.25) is 0 Å². The number of hydrogen-bond donors (Lipinski definition) is 3. The second-order valence-corrected chi connectivity index (χ2v) is 3.36. The molecule has 18 heavy (non-hydrogen) atoms. The number of nitrogens with one attached hydrogen (secondary N) is 2. The lowest BCUT2D eigenvalue weighted by Crippen LogP contribution is -2.24. The van der Waals surface area contributed by atoms with Crippen LogP contribution in [-0.4, -0.2) is 37.1 Å². The van der Waals surface area contributed by atoms with Crippen molar-refractivity contribution in [2.75, 3.05) is 0 Å². The Morgan fingerprint density at radius 1 is 1.39 bits per heavy atom. The van der Waals surface area contributed by atoms with Gasteiger partial charge in [0.15, 0.2) is 0 Å². The Bertz CT molecular complexity index is 567. The van der Waals surface area contributed by atoms with E-state index in [2.05, 4.69) is 25.5 Å². The molecule has 1 amide bonds. The summed E-state index contributed by atoms with van der Waals surface area (Å²) in [6.45, 7) is 0.112. The minimum absolute atomic E-state index is 0.0874. The molecule has 0 spiro atoms. The molecule has 0 unspecified atom stereocenters. The molecule has 2 aromatic rings. The summed E-state index contributed by atoms with van der Waals surface area (Å²) in [7, 11) is 0. The predicted molar refractivity (Wildman–Crippen MR) is 58.7 cm³/mol. The number of pyridine rings is 1. The van der Waals surface area contributed by atoms with Gasteiger partial charge in [-0.15, -0.1) is 0 Å². The van der Waals surface area contributed by atoms with Crippen LogP contribution in [0.5, 0.6) is 0 Å². The van der Waals surface area contributed by atoms with Gasteiger partial charge < -0.3 is 10.4 Å². The predicted octanol–water partition coefficient (Wildman–Crippen LogP) is -0.172. The first kappa shape index (κ1) is 11.7. The van der Waals surface area contributed by atoms with Crippen molar-refractivity contribution < 1.29 is 14.7 Å². The quantitative estimate of drug-likeness (QED) is 0.689. The smallest absolute Gasteiger partial charge is 0.335 e. The molecule has 0 aliphatic carbocycles. The van der Waals surface area contributed by atoms with E-state index in [1.165, 1.54) is 24.7 Å². The molecule has 2 aromatic heterocycles. The van der Waals surface area contributed by atoms with Gasteiger partial charge in [-0.2, -0.15) is 5.10 Å². The molecule has 0 saturated heterocycles. The van der Waals surface area contributed by atoms with Gasteiger partial charge in [-0.05, 0) is 12.1 Å². The Kier molecular flexibility index (Phi) is 3.28. The number of carbonyl (C=O) groups excluding carboxylic acids is 1. The van der Waals surface area contributed by atoms with Crippen molar-refractivity contribution in [2.24, 2.45) is 0 Å². The second-order valence-electron chi connectivity index (χ2n) is 3.36. The van der Waals surface area contributed by atoms with Crippen LogP contribution in [0.25, 0.3) is 0 Å². The van der Waals surface area contributed by atoms with Gasteiger partial charge in [0.1, 0.15) is 6.33 Å². The number of nitrogens with zero attached hydrogens (tertiary/aromatic N) is 3. The fraction of sp³-hybridized carbons (Fsp3) is 0.100. The average Bonchev–Trinajstić information content (AvgIpc) is 2.90. The first-order chi connectivity index (χ1) is 8.66. The van der Waals surface area contributed by atoms with Crippen LogP contribution in [0, 0.1) is 0 Å². The highest BCUT2D eigenvalue weighted by Crippen LogP contribution is 2.01. The molecule has 0 atom stereocenters. The first-order valence-electron chi connectivity index (χ1n) is 4.98. The Balaban J connectivity index is 2.00. The zero-order valence-corrected chi connectivity index (χ0v) is 9.12. The Labute approximate surface area is 101 Å². The van der Waals surface area contributed by atoms with Gasteiger partial charge in [0.2, 0.25) is 5.82 Å². The Morgan fingerprint density at radius 2 is 2.22 bits per heavy atom. The lowest BCUT2D eigenvalue weighted by Gasteiger charge is -2.03. The molecule has 0 radical (unpaired) electrons. The monoisotopic (exact) mass is 247 g/mol. The van der Waals surface area contributed by atoms with Crippen molar-refractivity contribution in [3.63, 3.8) is 0 Å². The van der Waals surface area contributed by atoms with E-state index >= 15 is 0 Å². The summed E-state index contributed by atoms with van der Waals surface area (Å²) < 4.78 is 0. The SMILES string of the molecule is O=C(O)c1ccnc(CNC(=O)c2ncn[nH]2)c1. The molecule has 92 valence electrons. The van der Waals surface area contributed by atoms with Gasteiger partial charge in [0.05, 0.1) is 17.8 Å². The van der Waals surface area contributed by atoms with Crippen molar-refractivity contribution >= 4 is 11.9 Å².